The molecule has 21 heavy (non-hydrogen) atoms. The molecule has 2 aromatic rings. The number of benzene rings is 1. The summed E-state index contributed by atoms with van der Waals surface area (Å²) in [5.41, 5.74) is 8.29. The lowest BCUT2D eigenvalue weighted by atomic mass is 10.1. The molecule has 0 spiro atoms. The van der Waals surface area contributed by atoms with Gasteiger partial charge in [-0.3, -0.25) is 10.4 Å². The third-order valence-electron chi connectivity index (χ3n) is 3.44. The Morgan fingerprint density at radius 2 is 2.10 bits per heavy atom. The number of fused-ring (bicyclic) bond motifs is 1. The predicted octanol–water partition coefficient (Wildman–Crippen LogP) is 2.38. The molecule has 1 aromatic carbocycles. The standard InChI is InChI=1S/C16H22N4O/c1-3-20(9-10-21-4-2)15-12-7-5-6-8-14(12)19-11-13(15)16(17)18/h5-8,11H,3-4,9-10H2,1-2H3,(H3,17,18). The second kappa shape index (κ2) is 7.04. The van der Waals surface area contributed by atoms with Crippen LogP contribution in [0.4, 0.5) is 5.69 Å². The van der Waals surface area contributed by atoms with Crippen molar-refractivity contribution in [3.05, 3.63) is 36.0 Å². The summed E-state index contributed by atoms with van der Waals surface area (Å²) in [4.78, 5) is 6.59. The Morgan fingerprint density at radius 1 is 1.33 bits per heavy atom. The normalized spacial score (nSPS) is 10.8. The number of hydrogen-bond donors (Lipinski definition) is 2. The fourth-order valence-electron chi connectivity index (χ4n) is 2.41. The van der Waals surface area contributed by atoms with E-state index >= 15 is 0 Å². The van der Waals surface area contributed by atoms with E-state index in [1.807, 2.05) is 31.2 Å². The van der Waals surface area contributed by atoms with E-state index in [9.17, 15) is 0 Å². The van der Waals surface area contributed by atoms with Gasteiger partial charge in [-0.1, -0.05) is 18.2 Å². The van der Waals surface area contributed by atoms with Crippen LogP contribution in [0.1, 0.15) is 19.4 Å². The summed E-state index contributed by atoms with van der Waals surface area (Å²) in [6, 6.07) is 7.93. The third kappa shape index (κ3) is 3.31. The zero-order chi connectivity index (χ0) is 15.2. The highest BCUT2D eigenvalue weighted by Crippen LogP contribution is 2.29. The van der Waals surface area contributed by atoms with Gasteiger partial charge in [0.05, 0.1) is 23.4 Å². The molecule has 0 atom stereocenters. The van der Waals surface area contributed by atoms with E-state index in [1.165, 1.54) is 0 Å². The average Bonchev–Trinajstić information content (AvgIpc) is 2.51. The maximum atomic E-state index is 7.81. The minimum atomic E-state index is 0.0399. The van der Waals surface area contributed by atoms with Gasteiger partial charge in [0.2, 0.25) is 0 Å². The molecule has 112 valence electrons. The second-order valence-corrected chi connectivity index (χ2v) is 4.73. The molecule has 1 aromatic heterocycles. The highest BCUT2D eigenvalue weighted by Gasteiger charge is 2.16. The van der Waals surface area contributed by atoms with Crippen LogP contribution in [0.15, 0.2) is 30.5 Å². The van der Waals surface area contributed by atoms with Crippen molar-refractivity contribution in [3.8, 4) is 0 Å². The Bertz CT molecular complexity index is 627. The first-order valence-electron chi connectivity index (χ1n) is 7.23. The Kier molecular flexibility index (Phi) is 5.11. The van der Waals surface area contributed by atoms with Crippen LogP contribution < -0.4 is 10.6 Å². The summed E-state index contributed by atoms with van der Waals surface area (Å²) in [5, 5.41) is 8.83. The minimum absolute atomic E-state index is 0.0399. The summed E-state index contributed by atoms with van der Waals surface area (Å²) in [5.74, 6) is 0.0399. The highest BCUT2D eigenvalue weighted by atomic mass is 16.5. The summed E-state index contributed by atoms with van der Waals surface area (Å²) < 4.78 is 5.46. The van der Waals surface area contributed by atoms with Gasteiger partial charge < -0.3 is 15.4 Å². The first-order valence-corrected chi connectivity index (χ1v) is 7.23. The molecule has 5 nitrogen and oxygen atoms in total. The van der Waals surface area contributed by atoms with Crippen LogP contribution in [-0.2, 0) is 4.74 Å². The number of likely N-dealkylation sites (N-methyl/N-ethyl adjacent to an activating group) is 1. The van der Waals surface area contributed by atoms with Gasteiger partial charge in [-0.05, 0) is 19.9 Å². The van der Waals surface area contributed by atoms with Crippen molar-refractivity contribution in [2.24, 2.45) is 5.73 Å². The number of aromatic nitrogens is 1. The van der Waals surface area contributed by atoms with Crippen molar-refractivity contribution >= 4 is 22.4 Å². The Labute approximate surface area is 125 Å². The molecule has 0 aliphatic rings. The SMILES string of the molecule is CCOCCN(CC)c1c(C(=N)N)cnc2ccccc12. The van der Waals surface area contributed by atoms with Crippen molar-refractivity contribution in [1.82, 2.24) is 4.98 Å². The average molecular weight is 286 g/mol. The Hall–Kier alpha value is -2.14. The number of nitrogens with two attached hydrogens (primary N) is 1. The summed E-state index contributed by atoms with van der Waals surface area (Å²) in [6.45, 7) is 7.01. The number of nitrogen functional groups attached to an aromatic ring is 1. The van der Waals surface area contributed by atoms with Crippen molar-refractivity contribution in [3.63, 3.8) is 0 Å². The Morgan fingerprint density at radius 3 is 2.76 bits per heavy atom. The molecule has 1 heterocycles. The van der Waals surface area contributed by atoms with Crippen LogP contribution in [0, 0.1) is 5.41 Å². The van der Waals surface area contributed by atoms with E-state index in [-0.39, 0.29) is 5.84 Å². The number of nitrogens with one attached hydrogen (secondary N) is 1. The maximum Gasteiger partial charge on any atom is 0.126 e. The third-order valence-corrected chi connectivity index (χ3v) is 3.44. The molecule has 0 saturated heterocycles. The van der Waals surface area contributed by atoms with Crippen LogP contribution >= 0.6 is 0 Å². The first kappa shape index (κ1) is 15.3. The van der Waals surface area contributed by atoms with Gasteiger partial charge >= 0.3 is 0 Å². The molecule has 5 heteroatoms. The molecule has 2 rings (SSSR count). The smallest absolute Gasteiger partial charge is 0.126 e. The topological polar surface area (TPSA) is 75.2 Å². The zero-order valence-corrected chi connectivity index (χ0v) is 12.6. The molecular weight excluding hydrogens is 264 g/mol. The number of amidine groups is 1. The number of hydrogen-bond acceptors (Lipinski definition) is 4. The van der Waals surface area contributed by atoms with Crippen LogP contribution in [0.5, 0.6) is 0 Å². The van der Waals surface area contributed by atoms with E-state index in [4.69, 9.17) is 15.9 Å². The quantitative estimate of drug-likeness (QED) is 0.465. The minimum Gasteiger partial charge on any atom is -0.384 e. The van der Waals surface area contributed by atoms with Crippen LogP contribution in [0.25, 0.3) is 10.9 Å². The van der Waals surface area contributed by atoms with E-state index in [1.54, 1.807) is 6.20 Å². The van der Waals surface area contributed by atoms with Gasteiger partial charge in [0.25, 0.3) is 0 Å². The maximum absolute atomic E-state index is 7.81. The molecule has 0 radical (unpaired) electrons. The number of para-hydroxylation sites is 1. The summed E-state index contributed by atoms with van der Waals surface area (Å²) >= 11 is 0. The predicted molar refractivity (Wildman–Crippen MR) is 87.1 cm³/mol. The van der Waals surface area contributed by atoms with Gasteiger partial charge in [-0.15, -0.1) is 0 Å². The fraction of sp³-hybridized carbons (Fsp3) is 0.375. The molecule has 0 aliphatic carbocycles. The molecule has 0 fully saturated rings. The van der Waals surface area contributed by atoms with Crippen molar-refractivity contribution < 1.29 is 4.74 Å². The lowest BCUT2D eigenvalue weighted by Gasteiger charge is -2.26. The molecule has 0 bridgehead atoms. The highest BCUT2D eigenvalue weighted by molar-refractivity contribution is 6.07. The van der Waals surface area contributed by atoms with Gasteiger partial charge in [0, 0.05) is 31.3 Å². The molecule has 0 amide bonds. The molecule has 3 N–H and O–H groups in total. The largest absolute Gasteiger partial charge is 0.384 e. The molecule has 0 saturated carbocycles. The van der Waals surface area contributed by atoms with Crippen molar-refractivity contribution in [2.45, 2.75) is 13.8 Å². The van der Waals surface area contributed by atoms with Gasteiger partial charge in [-0.2, -0.15) is 0 Å². The van der Waals surface area contributed by atoms with Crippen LogP contribution in [0.3, 0.4) is 0 Å². The van der Waals surface area contributed by atoms with Crippen molar-refractivity contribution in [1.29, 1.82) is 5.41 Å². The summed E-state index contributed by atoms with van der Waals surface area (Å²) in [6.07, 6.45) is 1.68. The van der Waals surface area contributed by atoms with E-state index < -0.39 is 0 Å². The van der Waals surface area contributed by atoms with E-state index in [2.05, 4.69) is 16.8 Å². The number of nitrogens with zero attached hydrogens (tertiary/aromatic N) is 2. The lowest BCUT2D eigenvalue weighted by Crippen LogP contribution is -2.30. The Balaban J connectivity index is 2.51. The van der Waals surface area contributed by atoms with Crippen LogP contribution in [-0.4, -0.2) is 37.1 Å². The van der Waals surface area contributed by atoms with Crippen LogP contribution in [0.2, 0.25) is 0 Å². The van der Waals surface area contributed by atoms with E-state index in [0.717, 1.165) is 29.7 Å². The number of ether oxygens (including phenoxy) is 1. The zero-order valence-electron chi connectivity index (χ0n) is 12.6. The fourth-order valence-corrected chi connectivity index (χ4v) is 2.41. The van der Waals surface area contributed by atoms with Crippen molar-refractivity contribution in [2.75, 3.05) is 31.2 Å². The van der Waals surface area contributed by atoms with Gasteiger partial charge in [0.15, 0.2) is 0 Å². The number of rotatable bonds is 7. The van der Waals surface area contributed by atoms with Gasteiger partial charge in [-0.25, -0.2) is 0 Å². The summed E-state index contributed by atoms with van der Waals surface area (Å²) in [7, 11) is 0. The lowest BCUT2D eigenvalue weighted by molar-refractivity contribution is 0.154. The monoisotopic (exact) mass is 286 g/mol. The van der Waals surface area contributed by atoms with Gasteiger partial charge in [0.1, 0.15) is 5.84 Å². The second-order valence-electron chi connectivity index (χ2n) is 4.73. The molecule has 0 unspecified atom stereocenters. The molecular formula is C16H22N4O. The molecule has 0 aliphatic heterocycles. The number of pyridine rings is 1. The number of anilines is 1. The van der Waals surface area contributed by atoms with E-state index in [0.29, 0.717) is 18.8 Å². The first-order chi connectivity index (χ1) is 10.2.